The molecule has 0 radical (unpaired) electrons. The molecule has 0 unspecified atom stereocenters. The molecule has 3 aromatic rings. The zero-order valence-electron chi connectivity index (χ0n) is 18.5. The van der Waals surface area contributed by atoms with Gasteiger partial charge in [0.25, 0.3) is 5.91 Å². The molecule has 2 heterocycles. The maximum atomic E-state index is 13.0. The molecular formula is C25H24ClN5O3. The highest BCUT2D eigenvalue weighted by atomic mass is 35.5. The van der Waals surface area contributed by atoms with Crippen molar-refractivity contribution in [3.05, 3.63) is 71.4 Å². The number of hydrogen-bond acceptors (Lipinski definition) is 4. The topological polar surface area (TPSA) is 96.3 Å². The van der Waals surface area contributed by atoms with Crippen molar-refractivity contribution in [2.75, 3.05) is 0 Å². The molecule has 9 heteroatoms. The van der Waals surface area contributed by atoms with Crippen LogP contribution < -0.4 is 10.7 Å². The van der Waals surface area contributed by atoms with Gasteiger partial charge >= 0.3 is 6.03 Å². The van der Waals surface area contributed by atoms with Gasteiger partial charge in [0, 0.05) is 22.3 Å². The maximum absolute atomic E-state index is 13.0. The van der Waals surface area contributed by atoms with Gasteiger partial charge in [-0.15, -0.1) is 0 Å². The van der Waals surface area contributed by atoms with Gasteiger partial charge < -0.3 is 5.32 Å². The molecule has 2 aromatic carbocycles. The fourth-order valence-electron chi connectivity index (χ4n) is 4.66. The van der Waals surface area contributed by atoms with Crippen LogP contribution in [0.5, 0.6) is 0 Å². The van der Waals surface area contributed by atoms with E-state index in [0.717, 1.165) is 35.5 Å². The Kier molecular flexibility index (Phi) is 5.83. The first-order valence-electron chi connectivity index (χ1n) is 11.3. The van der Waals surface area contributed by atoms with Gasteiger partial charge in [-0.2, -0.15) is 10.1 Å². The van der Waals surface area contributed by atoms with Gasteiger partial charge in [-0.3, -0.25) is 15.0 Å². The zero-order valence-corrected chi connectivity index (χ0v) is 19.2. The molecule has 1 spiro atoms. The molecule has 1 aliphatic carbocycles. The number of nitrogens with one attached hydrogen (secondary N) is 2. The van der Waals surface area contributed by atoms with Crippen LogP contribution in [0.2, 0.25) is 5.02 Å². The summed E-state index contributed by atoms with van der Waals surface area (Å²) in [6.07, 6.45) is 5.69. The SMILES string of the molecule is O=C(Cc1cn(-c2ccccc2)nc1-c1ccc(Cl)cc1)NN1C(=O)NC2(CCCCC2)C1=O. The molecule has 1 aliphatic heterocycles. The Morgan fingerprint density at radius 2 is 1.74 bits per heavy atom. The molecule has 2 aliphatic rings. The monoisotopic (exact) mass is 477 g/mol. The van der Waals surface area contributed by atoms with E-state index in [-0.39, 0.29) is 12.3 Å². The lowest BCUT2D eigenvalue weighted by molar-refractivity contribution is -0.139. The van der Waals surface area contributed by atoms with E-state index in [1.165, 1.54) is 0 Å². The van der Waals surface area contributed by atoms with Crippen molar-refractivity contribution in [3.8, 4) is 16.9 Å². The van der Waals surface area contributed by atoms with Gasteiger partial charge in [0.2, 0.25) is 5.91 Å². The van der Waals surface area contributed by atoms with Crippen molar-refractivity contribution in [1.29, 1.82) is 0 Å². The Hall–Kier alpha value is -3.65. The van der Waals surface area contributed by atoms with Crippen molar-refractivity contribution in [2.24, 2.45) is 0 Å². The molecular weight excluding hydrogens is 454 g/mol. The smallest absolute Gasteiger partial charge is 0.322 e. The van der Waals surface area contributed by atoms with Crippen LogP contribution in [-0.2, 0) is 16.0 Å². The summed E-state index contributed by atoms with van der Waals surface area (Å²) in [6, 6.07) is 16.2. The predicted molar refractivity (Wildman–Crippen MR) is 127 cm³/mol. The highest BCUT2D eigenvalue weighted by molar-refractivity contribution is 6.30. The number of imide groups is 1. The lowest BCUT2D eigenvalue weighted by atomic mass is 9.82. The third-order valence-electron chi connectivity index (χ3n) is 6.38. The fourth-order valence-corrected chi connectivity index (χ4v) is 4.78. The number of urea groups is 1. The number of aromatic nitrogens is 2. The molecule has 5 rings (SSSR count). The van der Waals surface area contributed by atoms with Crippen LogP contribution in [0.25, 0.3) is 16.9 Å². The highest BCUT2D eigenvalue weighted by Crippen LogP contribution is 2.33. The third-order valence-corrected chi connectivity index (χ3v) is 6.64. The number of rotatable bonds is 5. The fraction of sp³-hybridized carbons (Fsp3) is 0.280. The van der Waals surface area contributed by atoms with Gasteiger partial charge in [-0.05, 0) is 37.1 Å². The molecule has 8 nitrogen and oxygen atoms in total. The van der Waals surface area contributed by atoms with E-state index in [1.54, 1.807) is 23.0 Å². The molecule has 0 atom stereocenters. The summed E-state index contributed by atoms with van der Waals surface area (Å²) in [6.45, 7) is 0. The third kappa shape index (κ3) is 4.17. The average Bonchev–Trinajstić information content (AvgIpc) is 3.35. The Morgan fingerprint density at radius 3 is 2.44 bits per heavy atom. The predicted octanol–water partition coefficient (Wildman–Crippen LogP) is 4.02. The van der Waals surface area contributed by atoms with Gasteiger partial charge in [-0.1, -0.05) is 61.2 Å². The normalized spacial score (nSPS) is 17.1. The molecule has 0 bridgehead atoms. The van der Waals surface area contributed by atoms with Crippen LogP contribution in [0, 0.1) is 0 Å². The molecule has 1 saturated heterocycles. The van der Waals surface area contributed by atoms with E-state index in [0.29, 0.717) is 29.1 Å². The summed E-state index contributed by atoms with van der Waals surface area (Å²) in [5.41, 5.74) is 4.54. The van der Waals surface area contributed by atoms with Gasteiger partial charge in [0.1, 0.15) is 5.54 Å². The number of benzene rings is 2. The Labute approximate surface area is 201 Å². The Bertz CT molecular complexity index is 1230. The largest absolute Gasteiger partial charge is 0.344 e. The van der Waals surface area contributed by atoms with Crippen LogP contribution in [0.1, 0.15) is 37.7 Å². The molecule has 2 fully saturated rings. The first-order chi connectivity index (χ1) is 16.4. The summed E-state index contributed by atoms with van der Waals surface area (Å²) in [7, 11) is 0. The van der Waals surface area contributed by atoms with Crippen LogP contribution >= 0.6 is 11.6 Å². The van der Waals surface area contributed by atoms with Gasteiger partial charge in [0.05, 0.1) is 17.8 Å². The molecule has 4 amide bonds. The highest BCUT2D eigenvalue weighted by Gasteiger charge is 2.52. The van der Waals surface area contributed by atoms with Crippen LogP contribution in [0.4, 0.5) is 4.79 Å². The van der Waals surface area contributed by atoms with E-state index in [2.05, 4.69) is 10.7 Å². The minimum Gasteiger partial charge on any atom is -0.322 e. The maximum Gasteiger partial charge on any atom is 0.344 e. The second-order valence-electron chi connectivity index (χ2n) is 8.72. The van der Waals surface area contributed by atoms with Crippen molar-refractivity contribution in [1.82, 2.24) is 25.5 Å². The summed E-state index contributed by atoms with van der Waals surface area (Å²) < 4.78 is 1.71. The van der Waals surface area contributed by atoms with Crippen LogP contribution in [0.3, 0.4) is 0 Å². The lowest BCUT2D eigenvalue weighted by Gasteiger charge is -2.30. The molecule has 34 heavy (non-hydrogen) atoms. The first-order valence-corrected chi connectivity index (χ1v) is 11.7. The first kappa shape index (κ1) is 22.2. The van der Waals surface area contributed by atoms with Crippen molar-refractivity contribution in [2.45, 2.75) is 44.1 Å². The number of carbonyl (C=O) groups is 3. The van der Waals surface area contributed by atoms with Crippen molar-refractivity contribution < 1.29 is 14.4 Å². The standard InChI is InChI=1S/C25H24ClN5O3/c26-19-11-9-17(10-12-19)22-18(16-30(29-22)20-7-3-1-4-8-20)15-21(32)28-31-23(33)25(27-24(31)34)13-5-2-6-14-25/h1,3-4,7-12,16H,2,5-6,13-15H2,(H,27,34)(H,28,32). The van der Waals surface area contributed by atoms with E-state index >= 15 is 0 Å². The zero-order chi connectivity index (χ0) is 23.7. The quantitative estimate of drug-likeness (QED) is 0.542. The number of carbonyl (C=O) groups excluding carboxylic acids is 3. The van der Waals surface area contributed by atoms with Crippen molar-refractivity contribution >= 4 is 29.4 Å². The van der Waals surface area contributed by atoms with Gasteiger partial charge in [-0.25, -0.2) is 9.48 Å². The van der Waals surface area contributed by atoms with Crippen LogP contribution in [0.15, 0.2) is 60.8 Å². The van der Waals surface area contributed by atoms with E-state index in [9.17, 15) is 14.4 Å². The molecule has 1 saturated carbocycles. The number of nitrogens with zero attached hydrogens (tertiary/aromatic N) is 3. The Balaban J connectivity index is 1.39. The van der Waals surface area contributed by atoms with Crippen LogP contribution in [-0.4, -0.2) is 38.2 Å². The minimum atomic E-state index is -0.894. The molecule has 2 N–H and O–H groups in total. The van der Waals surface area contributed by atoms with Crippen molar-refractivity contribution in [3.63, 3.8) is 0 Å². The van der Waals surface area contributed by atoms with Gasteiger partial charge in [0.15, 0.2) is 0 Å². The number of amides is 4. The molecule has 1 aromatic heterocycles. The van der Waals surface area contributed by atoms with E-state index in [4.69, 9.17) is 16.7 Å². The Morgan fingerprint density at radius 1 is 1.03 bits per heavy atom. The van der Waals surface area contributed by atoms with E-state index < -0.39 is 17.5 Å². The second kappa shape index (κ2) is 8.95. The molecule has 174 valence electrons. The number of para-hydroxylation sites is 1. The van der Waals surface area contributed by atoms with E-state index in [1.807, 2.05) is 42.5 Å². The lowest BCUT2D eigenvalue weighted by Crippen LogP contribution is -2.51. The summed E-state index contributed by atoms with van der Waals surface area (Å²) in [5.74, 6) is -0.859. The number of hydrogen-bond donors (Lipinski definition) is 2. The summed E-state index contributed by atoms with van der Waals surface area (Å²) >= 11 is 6.04. The second-order valence-corrected chi connectivity index (χ2v) is 9.15. The summed E-state index contributed by atoms with van der Waals surface area (Å²) in [4.78, 5) is 38.5. The average molecular weight is 478 g/mol. The number of halogens is 1. The minimum absolute atomic E-state index is 0.0607. The summed E-state index contributed by atoms with van der Waals surface area (Å²) in [5, 5.41) is 8.93. The number of hydrazine groups is 1.